The Morgan fingerprint density at radius 3 is 2.11 bits per heavy atom. The molecule has 0 aliphatic rings. The highest BCUT2D eigenvalue weighted by molar-refractivity contribution is 5.92. The zero-order valence-electron chi connectivity index (χ0n) is 22.6. The van der Waals surface area contributed by atoms with Gasteiger partial charge in [0, 0.05) is 12.5 Å². The van der Waals surface area contributed by atoms with Crippen LogP contribution in [0.25, 0.3) is 0 Å². The van der Waals surface area contributed by atoms with Crippen molar-refractivity contribution in [3.05, 3.63) is 71.3 Å². The Bertz CT molecular complexity index is 1090. The van der Waals surface area contributed by atoms with E-state index >= 15 is 0 Å². The summed E-state index contributed by atoms with van der Waals surface area (Å²) in [5.41, 5.74) is 1.70. The number of hydrogen-bond acceptors (Lipinski definition) is 5. The van der Waals surface area contributed by atoms with Crippen molar-refractivity contribution in [3.63, 3.8) is 0 Å². The number of carbonyl (C=O) groups is 3. The minimum absolute atomic E-state index is 0.161. The number of aryl methyl sites for hydroxylation is 1. The Morgan fingerprint density at radius 2 is 1.59 bits per heavy atom. The second kappa shape index (κ2) is 13.4. The summed E-state index contributed by atoms with van der Waals surface area (Å²) in [6, 6.07) is 16.4. The lowest BCUT2D eigenvalue weighted by atomic mass is 9.99. The highest BCUT2D eigenvalue weighted by atomic mass is 16.6. The Labute approximate surface area is 220 Å². The lowest BCUT2D eigenvalue weighted by Gasteiger charge is -2.33. The summed E-state index contributed by atoms with van der Waals surface area (Å²) in [6.45, 7) is 10.5. The molecule has 0 spiro atoms. The van der Waals surface area contributed by atoms with Gasteiger partial charge < -0.3 is 20.3 Å². The molecule has 0 saturated carbocycles. The summed E-state index contributed by atoms with van der Waals surface area (Å²) >= 11 is 0. The molecule has 3 amide bonds. The van der Waals surface area contributed by atoms with E-state index in [0.717, 1.165) is 17.5 Å². The van der Waals surface area contributed by atoms with Crippen LogP contribution in [0.5, 0.6) is 0 Å². The maximum Gasteiger partial charge on any atom is 0.408 e. The van der Waals surface area contributed by atoms with Crippen LogP contribution in [-0.2, 0) is 27.2 Å². The third-order valence-corrected chi connectivity index (χ3v) is 5.49. The monoisotopic (exact) mass is 506 g/mol. The highest BCUT2D eigenvalue weighted by Gasteiger charge is 2.36. The Balaban J connectivity index is 2.51. The molecule has 8 heteroatoms. The number of ether oxygens (including phenoxy) is 1. The minimum atomic E-state index is -1.06. The van der Waals surface area contributed by atoms with Gasteiger partial charge in [0.05, 0.1) is 6.07 Å². The van der Waals surface area contributed by atoms with Crippen LogP contribution in [0.1, 0.15) is 64.3 Å². The molecule has 2 N–H and O–H groups in total. The summed E-state index contributed by atoms with van der Waals surface area (Å²) in [5, 5.41) is 15.2. The van der Waals surface area contributed by atoms with E-state index in [4.69, 9.17) is 4.74 Å². The summed E-state index contributed by atoms with van der Waals surface area (Å²) in [7, 11) is 0. The number of nitriles is 1. The van der Waals surface area contributed by atoms with Crippen molar-refractivity contribution in [1.29, 1.82) is 5.26 Å². The highest BCUT2D eigenvalue weighted by Crippen LogP contribution is 2.24. The van der Waals surface area contributed by atoms with Crippen LogP contribution in [-0.4, -0.2) is 47.0 Å². The van der Waals surface area contributed by atoms with Crippen LogP contribution in [0.4, 0.5) is 4.79 Å². The van der Waals surface area contributed by atoms with Gasteiger partial charge in [0.1, 0.15) is 24.2 Å². The van der Waals surface area contributed by atoms with Crippen molar-refractivity contribution in [3.8, 4) is 6.07 Å². The van der Waals surface area contributed by atoms with Crippen molar-refractivity contribution < 1.29 is 19.1 Å². The Kier molecular flexibility index (Phi) is 10.7. The van der Waals surface area contributed by atoms with Gasteiger partial charge in [-0.15, -0.1) is 0 Å². The van der Waals surface area contributed by atoms with E-state index in [2.05, 4.69) is 10.6 Å². The number of benzene rings is 2. The van der Waals surface area contributed by atoms with Gasteiger partial charge in [0.15, 0.2) is 0 Å². The number of nitrogens with zero attached hydrogens (tertiary/aromatic N) is 2. The molecule has 0 saturated heterocycles. The molecular formula is C29H38N4O4. The quantitative estimate of drug-likeness (QED) is 0.467. The van der Waals surface area contributed by atoms with Gasteiger partial charge >= 0.3 is 6.09 Å². The molecule has 0 fully saturated rings. The summed E-state index contributed by atoms with van der Waals surface area (Å²) in [4.78, 5) is 41.3. The zero-order valence-corrected chi connectivity index (χ0v) is 22.6. The molecule has 0 aromatic heterocycles. The van der Waals surface area contributed by atoms with E-state index in [-0.39, 0.29) is 19.0 Å². The second-order valence-electron chi connectivity index (χ2n) is 10.2. The Morgan fingerprint density at radius 1 is 0.973 bits per heavy atom. The van der Waals surface area contributed by atoms with Crippen molar-refractivity contribution in [2.75, 3.05) is 6.54 Å². The molecule has 0 radical (unpaired) electrons. The number of rotatable bonds is 10. The third kappa shape index (κ3) is 9.26. The molecule has 0 bridgehead atoms. The first-order valence-corrected chi connectivity index (χ1v) is 12.5. The molecule has 2 aromatic carbocycles. The number of nitrogens with one attached hydrogen (secondary N) is 2. The summed E-state index contributed by atoms with van der Waals surface area (Å²) < 4.78 is 5.40. The van der Waals surface area contributed by atoms with Gasteiger partial charge in [0.25, 0.3) is 0 Å². The fourth-order valence-corrected chi connectivity index (χ4v) is 3.84. The maximum atomic E-state index is 14.0. The molecule has 2 atom stereocenters. The normalized spacial score (nSPS) is 12.7. The number of hydrogen-bond donors (Lipinski definition) is 2. The average Bonchev–Trinajstić information content (AvgIpc) is 2.82. The maximum absolute atomic E-state index is 14.0. The summed E-state index contributed by atoms with van der Waals surface area (Å²) in [6.07, 6.45) is 0.228. The first-order chi connectivity index (χ1) is 17.4. The van der Waals surface area contributed by atoms with Crippen molar-refractivity contribution >= 4 is 17.9 Å². The molecule has 0 heterocycles. The largest absolute Gasteiger partial charge is 0.444 e. The number of amides is 3. The van der Waals surface area contributed by atoms with Crippen LogP contribution >= 0.6 is 0 Å². The van der Waals surface area contributed by atoms with Gasteiger partial charge in [-0.3, -0.25) is 9.59 Å². The van der Waals surface area contributed by atoms with Gasteiger partial charge in [-0.05, 0) is 57.7 Å². The molecule has 0 aliphatic carbocycles. The lowest BCUT2D eigenvalue weighted by molar-refractivity contribution is -0.142. The van der Waals surface area contributed by atoms with Crippen molar-refractivity contribution in [2.45, 2.75) is 78.1 Å². The van der Waals surface area contributed by atoms with E-state index in [0.29, 0.717) is 5.56 Å². The fraction of sp³-hybridized carbons (Fsp3) is 0.448. The van der Waals surface area contributed by atoms with Gasteiger partial charge in [-0.2, -0.15) is 5.26 Å². The van der Waals surface area contributed by atoms with Crippen molar-refractivity contribution in [2.24, 2.45) is 0 Å². The van der Waals surface area contributed by atoms with Gasteiger partial charge in [-0.25, -0.2) is 4.79 Å². The van der Waals surface area contributed by atoms with Crippen molar-refractivity contribution in [1.82, 2.24) is 15.5 Å². The minimum Gasteiger partial charge on any atom is -0.444 e. The molecule has 2 rings (SSSR count). The molecule has 2 unspecified atom stereocenters. The van der Waals surface area contributed by atoms with E-state index in [9.17, 15) is 19.6 Å². The third-order valence-electron chi connectivity index (χ3n) is 5.49. The first-order valence-electron chi connectivity index (χ1n) is 12.5. The van der Waals surface area contributed by atoms with Crippen LogP contribution in [0, 0.1) is 11.3 Å². The molecule has 198 valence electrons. The Hall–Kier alpha value is -3.86. The van der Waals surface area contributed by atoms with Gasteiger partial charge in [-0.1, -0.05) is 61.5 Å². The molecule has 8 nitrogen and oxygen atoms in total. The number of carbonyl (C=O) groups excluding carboxylic acids is 3. The van der Waals surface area contributed by atoms with E-state index in [1.54, 1.807) is 32.9 Å². The van der Waals surface area contributed by atoms with Crippen LogP contribution in [0.2, 0.25) is 0 Å². The second-order valence-corrected chi connectivity index (χ2v) is 10.2. The zero-order chi connectivity index (χ0) is 27.6. The smallest absolute Gasteiger partial charge is 0.408 e. The van der Waals surface area contributed by atoms with Crippen LogP contribution < -0.4 is 10.6 Å². The topological polar surface area (TPSA) is 112 Å². The van der Waals surface area contributed by atoms with Gasteiger partial charge in [0.2, 0.25) is 11.8 Å². The standard InChI is InChI=1S/C29H38N4O4/c1-7-21-13-15-23(16-14-21)25(26(34)31-20(2)3)33(18-17-30)27(35)24(19-22-11-9-8-10-12-22)32-28(36)37-29(4,5)6/h8-16,20,24-25H,7,18-19H2,1-6H3,(H,31,34)(H,32,36). The molecule has 0 aliphatic heterocycles. The van der Waals surface area contributed by atoms with Crippen LogP contribution in [0.3, 0.4) is 0 Å². The van der Waals surface area contributed by atoms with E-state index < -0.39 is 35.6 Å². The first kappa shape index (κ1) is 29.4. The summed E-state index contributed by atoms with van der Waals surface area (Å²) in [5.74, 6) is -0.960. The average molecular weight is 507 g/mol. The lowest BCUT2D eigenvalue weighted by Crippen LogP contribution is -2.54. The molecule has 2 aromatic rings. The van der Waals surface area contributed by atoms with Crippen LogP contribution in [0.15, 0.2) is 54.6 Å². The number of alkyl carbamates (subject to hydrolysis) is 1. The fourth-order valence-electron chi connectivity index (χ4n) is 3.84. The van der Waals surface area contributed by atoms with E-state index in [1.165, 1.54) is 4.90 Å². The molecular weight excluding hydrogens is 468 g/mol. The van der Waals surface area contributed by atoms with E-state index in [1.807, 2.05) is 69.3 Å². The predicted molar refractivity (Wildman–Crippen MR) is 142 cm³/mol. The SMILES string of the molecule is CCc1ccc(C(C(=O)NC(C)C)N(CC#N)C(=O)C(Cc2ccccc2)NC(=O)OC(C)(C)C)cc1. The predicted octanol–water partition coefficient (Wildman–Crippen LogP) is 4.30. The molecule has 37 heavy (non-hydrogen) atoms.